The zero-order valence-corrected chi connectivity index (χ0v) is 11.5. The highest BCUT2D eigenvalue weighted by Gasteiger charge is 2.15. The van der Waals surface area contributed by atoms with Crippen molar-refractivity contribution in [2.45, 2.75) is 19.8 Å². The van der Waals surface area contributed by atoms with Gasteiger partial charge in [-0.15, -0.1) is 0 Å². The number of hydrogen-bond acceptors (Lipinski definition) is 5. The third-order valence-electron chi connectivity index (χ3n) is 2.97. The van der Waals surface area contributed by atoms with Crippen LogP contribution < -0.4 is 5.32 Å². The number of hydrogen-bond donors (Lipinski definition) is 2. The zero-order valence-electron chi connectivity index (χ0n) is 11.5. The fraction of sp³-hybridized carbons (Fsp3) is 0.357. The summed E-state index contributed by atoms with van der Waals surface area (Å²) in [6, 6.07) is 4.91. The first kappa shape index (κ1) is 14.8. The standard InChI is InChI=1S/C14H16N2O5/c1-9(4-5-13(17)18)8-15-14(19)10-7-12(21-16-10)11-3-2-6-20-11/h2-3,6-7,9H,4-5,8H2,1H3,(H,15,19)(H,17,18). The van der Waals surface area contributed by atoms with Crippen molar-refractivity contribution in [2.24, 2.45) is 5.92 Å². The zero-order chi connectivity index (χ0) is 15.2. The van der Waals surface area contributed by atoms with Gasteiger partial charge in [-0.05, 0) is 24.5 Å². The van der Waals surface area contributed by atoms with Crippen LogP contribution in [0.3, 0.4) is 0 Å². The first-order valence-corrected chi connectivity index (χ1v) is 6.57. The van der Waals surface area contributed by atoms with E-state index in [9.17, 15) is 9.59 Å². The number of carboxylic acids is 1. The summed E-state index contributed by atoms with van der Waals surface area (Å²) in [5.74, 6) is -0.256. The lowest BCUT2D eigenvalue weighted by Gasteiger charge is -2.10. The number of aromatic nitrogens is 1. The lowest BCUT2D eigenvalue weighted by Crippen LogP contribution is -2.28. The Morgan fingerprint density at radius 1 is 1.43 bits per heavy atom. The summed E-state index contributed by atoms with van der Waals surface area (Å²) in [5, 5.41) is 15.0. The molecule has 0 fully saturated rings. The van der Waals surface area contributed by atoms with Crippen LogP contribution in [0.2, 0.25) is 0 Å². The fourth-order valence-electron chi connectivity index (χ4n) is 1.75. The second kappa shape index (κ2) is 6.74. The number of carbonyl (C=O) groups is 2. The highest BCUT2D eigenvalue weighted by molar-refractivity contribution is 5.92. The van der Waals surface area contributed by atoms with Crippen molar-refractivity contribution in [2.75, 3.05) is 6.54 Å². The predicted molar refractivity (Wildman–Crippen MR) is 72.6 cm³/mol. The van der Waals surface area contributed by atoms with Crippen molar-refractivity contribution in [3.8, 4) is 11.5 Å². The fourth-order valence-corrected chi connectivity index (χ4v) is 1.75. The number of nitrogens with one attached hydrogen (secondary N) is 1. The van der Waals surface area contributed by atoms with Crippen LogP contribution in [0, 0.1) is 5.92 Å². The van der Waals surface area contributed by atoms with E-state index in [2.05, 4.69) is 10.5 Å². The van der Waals surface area contributed by atoms with Gasteiger partial charge in [0.15, 0.2) is 11.5 Å². The van der Waals surface area contributed by atoms with Gasteiger partial charge in [0, 0.05) is 19.0 Å². The van der Waals surface area contributed by atoms with Gasteiger partial charge in [0.05, 0.1) is 6.26 Å². The van der Waals surface area contributed by atoms with Crippen LogP contribution in [0.15, 0.2) is 33.4 Å². The molecule has 0 aliphatic heterocycles. The maximum Gasteiger partial charge on any atom is 0.303 e. The summed E-state index contributed by atoms with van der Waals surface area (Å²) in [7, 11) is 0. The number of carbonyl (C=O) groups excluding carboxylic acids is 1. The van der Waals surface area contributed by atoms with Gasteiger partial charge < -0.3 is 19.4 Å². The summed E-state index contributed by atoms with van der Waals surface area (Å²) < 4.78 is 10.2. The molecule has 2 heterocycles. The van der Waals surface area contributed by atoms with E-state index < -0.39 is 5.97 Å². The quantitative estimate of drug-likeness (QED) is 0.810. The summed E-state index contributed by atoms with van der Waals surface area (Å²) in [5.41, 5.74) is 0.159. The van der Waals surface area contributed by atoms with Crippen LogP contribution >= 0.6 is 0 Å². The van der Waals surface area contributed by atoms with Crippen LogP contribution in [0.25, 0.3) is 11.5 Å². The highest BCUT2D eigenvalue weighted by Crippen LogP contribution is 2.20. The predicted octanol–water partition coefficient (Wildman–Crippen LogP) is 2.17. The van der Waals surface area contributed by atoms with E-state index in [0.29, 0.717) is 24.5 Å². The van der Waals surface area contributed by atoms with Crippen molar-refractivity contribution >= 4 is 11.9 Å². The number of aliphatic carboxylic acids is 1. The molecule has 1 unspecified atom stereocenters. The second-order valence-corrected chi connectivity index (χ2v) is 4.80. The van der Waals surface area contributed by atoms with Gasteiger partial charge in [-0.2, -0.15) is 0 Å². The molecule has 0 bridgehead atoms. The van der Waals surface area contributed by atoms with E-state index >= 15 is 0 Å². The van der Waals surface area contributed by atoms with Gasteiger partial charge in [-0.1, -0.05) is 12.1 Å². The Morgan fingerprint density at radius 2 is 2.24 bits per heavy atom. The van der Waals surface area contributed by atoms with Gasteiger partial charge in [0.1, 0.15) is 0 Å². The number of rotatable bonds is 7. The van der Waals surface area contributed by atoms with E-state index in [4.69, 9.17) is 14.0 Å². The van der Waals surface area contributed by atoms with Crippen molar-refractivity contribution in [1.82, 2.24) is 10.5 Å². The maximum absolute atomic E-state index is 11.9. The van der Waals surface area contributed by atoms with E-state index in [1.807, 2.05) is 6.92 Å². The van der Waals surface area contributed by atoms with Crippen LogP contribution in [0.1, 0.15) is 30.3 Å². The molecule has 112 valence electrons. The molecule has 0 spiro atoms. The molecule has 0 radical (unpaired) electrons. The summed E-state index contributed by atoms with van der Waals surface area (Å²) >= 11 is 0. The SMILES string of the molecule is CC(CCC(=O)O)CNC(=O)c1cc(-c2ccco2)on1. The Bertz CT molecular complexity index is 603. The molecule has 2 N–H and O–H groups in total. The third kappa shape index (κ3) is 4.20. The first-order valence-electron chi connectivity index (χ1n) is 6.57. The molecular weight excluding hydrogens is 276 g/mol. The Hall–Kier alpha value is -2.57. The highest BCUT2D eigenvalue weighted by atomic mass is 16.5. The molecule has 0 aliphatic rings. The molecule has 2 aromatic heterocycles. The Kier molecular flexibility index (Phi) is 4.76. The monoisotopic (exact) mass is 292 g/mol. The molecule has 7 heteroatoms. The lowest BCUT2D eigenvalue weighted by molar-refractivity contribution is -0.137. The average Bonchev–Trinajstić information content (AvgIpc) is 3.11. The lowest BCUT2D eigenvalue weighted by atomic mass is 10.1. The molecule has 1 atom stereocenters. The third-order valence-corrected chi connectivity index (χ3v) is 2.97. The molecule has 2 aromatic rings. The second-order valence-electron chi connectivity index (χ2n) is 4.80. The van der Waals surface area contributed by atoms with Crippen LogP contribution in [-0.4, -0.2) is 28.7 Å². The van der Waals surface area contributed by atoms with Crippen LogP contribution in [-0.2, 0) is 4.79 Å². The van der Waals surface area contributed by atoms with Crippen molar-refractivity contribution in [1.29, 1.82) is 0 Å². The van der Waals surface area contributed by atoms with Crippen molar-refractivity contribution in [3.63, 3.8) is 0 Å². The minimum absolute atomic E-state index is 0.0708. The number of furan rings is 1. The van der Waals surface area contributed by atoms with Crippen LogP contribution in [0.5, 0.6) is 0 Å². The molecule has 2 rings (SSSR count). The minimum atomic E-state index is -0.840. The van der Waals surface area contributed by atoms with E-state index in [1.165, 1.54) is 12.3 Å². The molecule has 1 amide bonds. The Morgan fingerprint density at radius 3 is 2.90 bits per heavy atom. The topological polar surface area (TPSA) is 106 Å². The Labute approximate surface area is 120 Å². The van der Waals surface area contributed by atoms with Crippen molar-refractivity contribution in [3.05, 3.63) is 30.2 Å². The summed E-state index contributed by atoms with van der Waals surface area (Å²) in [4.78, 5) is 22.3. The van der Waals surface area contributed by atoms with Gasteiger partial charge >= 0.3 is 5.97 Å². The van der Waals surface area contributed by atoms with E-state index in [-0.39, 0.29) is 23.9 Å². The maximum atomic E-state index is 11.9. The smallest absolute Gasteiger partial charge is 0.303 e. The van der Waals surface area contributed by atoms with Gasteiger partial charge in [-0.3, -0.25) is 9.59 Å². The van der Waals surface area contributed by atoms with Gasteiger partial charge in [0.25, 0.3) is 5.91 Å². The molecular formula is C14H16N2O5. The number of nitrogens with zero attached hydrogens (tertiary/aromatic N) is 1. The van der Waals surface area contributed by atoms with Gasteiger partial charge in [-0.25, -0.2) is 0 Å². The molecule has 0 saturated carbocycles. The summed E-state index contributed by atoms with van der Waals surface area (Å²) in [6.45, 7) is 2.26. The molecule has 7 nitrogen and oxygen atoms in total. The van der Waals surface area contributed by atoms with E-state index in [0.717, 1.165) is 0 Å². The Balaban J connectivity index is 1.85. The van der Waals surface area contributed by atoms with Crippen molar-refractivity contribution < 1.29 is 23.6 Å². The largest absolute Gasteiger partial charge is 0.481 e. The minimum Gasteiger partial charge on any atom is -0.481 e. The number of carboxylic acid groups (broad SMARTS) is 1. The van der Waals surface area contributed by atoms with Crippen LogP contribution in [0.4, 0.5) is 0 Å². The normalized spacial score (nSPS) is 12.0. The molecule has 21 heavy (non-hydrogen) atoms. The van der Waals surface area contributed by atoms with Gasteiger partial charge in [0.2, 0.25) is 5.76 Å². The molecule has 0 saturated heterocycles. The van der Waals surface area contributed by atoms with E-state index in [1.54, 1.807) is 12.1 Å². The first-order chi connectivity index (χ1) is 10.1. The molecule has 0 aliphatic carbocycles. The molecule has 0 aromatic carbocycles. The number of amides is 1. The average molecular weight is 292 g/mol. The summed E-state index contributed by atoms with van der Waals surface area (Å²) in [6.07, 6.45) is 2.09.